The zero-order chi connectivity index (χ0) is 17.6. The van der Waals surface area contributed by atoms with Gasteiger partial charge in [0, 0.05) is 28.2 Å². The number of carbonyl (C=O) groups is 1. The van der Waals surface area contributed by atoms with Crippen molar-refractivity contribution in [3.05, 3.63) is 52.3 Å². The molecule has 3 N–H and O–H groups in total. The molecule has 0 unspecified atom stereocenters. The molecule has 1 aromatic carbocycles. The molecule has 5 heteroatoms. The fraction of sp³-hybridized carbons (Fsp3) is 0.368. The molecule has 0 saturated carbocycles. The van der Waals surface area contributed by atoms with Crippen LogP contribution in [0.25, 0.3) is 5.69 Å². The van der Waals surface area contributed by atoms with Crippen LogP contribution in [-0.4, -0.2) is 21.4 Å². The van der Waals surface area contributed by atoms with Gasteiger partial charge in [-0.05, 0) is 55.9 Å². The van der Waals surface area contributed by atoms with Gasteiger partial charge in [-0.3, -0.25) is 4.79 Å². The third-order valence-electron chi connectivity index (χ3n) is 4.74. The van der Waals surface area contributed by atoms with Crippen molar-refractivity contribution in [2.75, 3.05) is 0 Å². The Morgan fingerprint density at radius 2 is 1.96 bits per heavy atom. The van der Waals surface area contributed by atoms with Crippen LogP contribution >= 0.6 is 0 Å². The number of hydrogen-bond acceptors (Lipinski definition) is 3. The van der Waals surface area contributed by atoms with Gasteiger partial charge in [-0.25, -0.2) is 0 Å². The van der Waals surface area contributed by atoms with Gasteiger partial charge in [-0.15, -0.1) is 0 Å². The molecule has 3 rings (SSSR count). The van der Waals surface area contributed by atoms with Crippen molar-refractivity contribution in [1.82, 2.24) is 4.57 Å². The highest BCUT2D eigenvalue weighted by atomic mass is 16.4. The molecule has 5 nitrogen and oxygen atoms in total. The van der Waals surface area contributed by atoms with E-state index in [0.717, 1.165) is 41.0 Å². The van der Waals surface area contributed by atoms with Crippen molar-refractivity contribution in [2.24, 2.45) is 16.3 Å². The third kappa shape index (κ3) is 2.60. The van der Waals surface area contributed by atoms with E-state index in [2.05, 4.69) is 29.6 Å². The van der Waals surface area contributed by atoms with Gasteiger partial charge in [-0.1, -0.05) is 25.1 Å². The normalized spacial score (nSPS) is 17.8. The first-order valence-electron chi connectivity index (χ1n) is 8.07. The van der Waals surface area contributed by atoms with Crippen LogP contribution in [0.4, 0.5) is 0 Å². The first kappa shape index (κ1) is 16.3. The Morgan fingerprint density at radius 1 is 1.25 bits per heavy atom. The topological polar surface area (TPSA) is 80.6 Å². The Bertz CT molecular complexity index is 860. The molecule has 0 bridgehead atoms. The van der Waals surface area contributed by atoms with Crippen LogP contribution in [-0.2, 0) is 6.42 Å². The molecule has 2 aromatic rings. The lowest BCUT2D eigenvalue weighted by atomic mass is 9.76. The molecule has 0 radical (unpaired) electrons. The molecule has 24 heavy (non-hydrogen) atoms. The van der Waals surface area contributed by atoms with Gasteiger partial charge >= 0.3 is 0 Å². The number of nitrogens with zero attached hydrogens (tertiary/aromatic N) is 2. The smallest absolute Gasteiger partial charge is 0.248 e. The molecule has 0 fully saturated rings. The summed E-state index contributed by atoms with van der Waals surface area (Å²) in [5.74, 6) is -0.437. The van der Waals surface area contributed by atoms with Gasteiger partial charge in [0.15, 0.2) is 0 Å². The lowest BCUT2D eigenvalue weighted by molar-refractivity contribution is 0.1000. The number of rotatable bonds is 2. The van der Waals surface area contributed by atoms with Gasteiger partial charge in [-0.2, -0.15) is 0 Å². The first-order chi connectivity index (χ1) is 11.2. The summed E-state index contributed by atoms with van der Waals surface area (Å²) in [4.78, 5) is 11.6. The monoisotopic (exact) mass is 325 g/mol. The van der Waals surface area contributed by atoms with Crippen LogP contribution in [0.15, 0.2) is 29.4 Å². The van der Waals surface area contributed by atoms with E-state index in [1.54, 1.807) is 6.07 Å². The zero-order valence-corrected chi connectivity index (χ0v) is 14.6. The predicted molar refractivity (Wildman–Crippen MR) is 94.2 cm³/mol. The average molecular weight is 325 g/mol. The molecule has 0 saturated heterocycles. The van der Waals surface area contributed by atoms with Gasteiger partial charge in [0.1, 0.15) is 0 Å². The van der Waals surface area contributed by atoms with E-state index in [0.29, 0.717) is 11.3 Å². The molecule has 1 amide bonds. The van der Waals surface area contributed by atoms with Crippen molar-refractivity contribution in [3.8, 4) is 5.69 Å². The highest BCUT2D eigenvalue weighted by Gasteiger charge is 2.33. The summed E-state index contributed by atoms with van der Waals surface area (Å²) >= 11 is 0. The third-order valence-corrected chi connectivity index (χ3v) is 4.74. The second kappa shape index (κ2) is 5.51. The van der Waals surface area contributed by atoms with Gasteiger partial charge < -0.3 is 15.5 Å². The molecule has 126 valence electrons. The minimum atomic E-state index is -0.437. The number of benzene rings is 1. The van der Waals surface area contributed by atoms with Crippen LogP contribution in [0.1, 0.15) is 53.1 Å². The maximum absolute atomic E-state index is 11.6. The largest absolute Gasteiger partial charge is 0.411 e. The number of nitrogens with two attached hydrogens (primary N) is 1. The van der Waals surface area contributed by atoms with Crippen molar-refractivity contribution < 1.29 is 10.0 Å². The lowest BCUT2D eigenvalue weighted by Crippen LogP contribution is -2.28. The van der Waals surface area contributed by atoms with Gasteiger partial charge in [0.25, 0.3) is 0 Å². The minimum Gasteiger partial charge on any atom is -0.411 e. The van der Waals surface area contributed by atoms with Crippen LogP contribution in [0, 0.1) is 19.3 Å². The number of fused-ring (bicyclic) bond motifs is 1. The van der Waals surface area contributed by atoms with Crippen molar-refractivity contribution in [3.63, 3.8) is 0 Å². The van der Waals surface area contributed by atoms with E-state index in [9.17, 15) is 10.0 Å². The number of primary amides is 1. The number of oxime groups is 1. The van der Waals surface area contributed by atoms with E-state index in [1.165, 1.54) is 0 Å². The van der Waals surface area contributed by atoms with Crippen LogP contribution in [0.5, 0.6) is 0 Å². The van der Waals surface area contributed by atoms with Crippen molar-refractivity contribution >= 4 is 11.6 Å². The summed E-state index contributed by atoms with van der Waals surface area (Å²) in [6.07, 6.45) is 1.61. The van der Waals surface area contributed by atoms with E-state index >= 15 is 0 Å². The molecule has 1 aliphatic rings. The summed E-state index contributed by atoms with van der Waals surface area (Å²) in [5, 5.41) is 13.0. The summed E-state index contributed by atoms with van der Waals surface area (Å²) in [6, 6.07) is 7.55. The second-order valence-corrected chi connectivity index (χ2v) is 7.41. The highest BCUT2D eigenvalue weighted by Crippen LogP contribution is 2.38. The van der Waals surface area contributed by atoms with Crippen LogP contribution in [0.3, 0.4) is 0 Å². The molecule has 1 heterocycles. The van der Waals surface area contributed by atoms with E-state index < -0.39 is 5.91 Å². The number of aromatic nitrogens is 1. The van der Waals surface area contributed by atoms with Crippen LogP contribution < -0.4 is 5.73 Å². The minimum absolute atomic E-state index is 0.00626. The summed E-state index contributed by atoms with van der Waals surface area (Å²) in [6.45, 7) is 8.37. The molecule has 0 atom stereocenters. The summed E-state index contributed by atoms with van der Waals surface area (Å²) in [7, 11) is 0. The number of carbonyl (C=O) groups excluding carboxylic acids is 1. The summed E-state index contributed by atoms with van der Waals surface area (Å²) < 4.78 is 2.16. The number of hydrogen-bond donors (Lipinski definition) is 2. The Morgan fingerprint density at radius 3 is 2.58 bits per heavy atom. The Hall–Kier alpha value is -2.56. The number of aryl methyl sites for hydroxylation is 2. The average Bonchev–Trinajstić information content (AvgIpc) is 2.81. The Kier molecular flexibility index (Phi) is 3.74. The zero-order valence-electron chi connectivity index (χ0n) is 14.6. The van der Waals surface area contributed by atoms with Gasteiger partial charge in [0.05, 0.1) is 5.71 Å². The Labute approximate surface area is 141 Å². The van der Waals surface area contributed by atoms with Crippen LogP contribution in [0.2, 0.25) is 0 Å². The fourth-order valence-electron chi connectivity index (χ4n) is 3.61. The molecule has 1 aromatic heterocycles. The van der Waals surface area contributed by atoms with Crippen molar-refractivity contribution in [2.45, 2.75) is 40.5 Å². The summed E-state index contributed by atoms with van der Waals surface area (Å²) in [5.41, 5.74) is 11.8. The highest BCUT2D eigenvalue weighted by molar-refractivity contribution is 6.03. The molecule has 0 aliphatic heterocycles. The predicted octanol–water partition coefficient (Wildman–Crippen LogP) is 3.34. The molecule has 1 aliphatic carbocycles. The fourth-order valence-corrected chi connectivity index (χ4v) is 3.61. The molecular formula is C19H23N3O2. The standard InChI is InChI=1S/C19H23N3O2/c1-11-5-6-13(18(20)23)8-16(11)22-12(2)7-14-15(21-24)9-19(3,4)10-17(14)22/h5-8,24H,9-10H2,1-4H3,(H2,20,23). The quantitative estimate of drug-likeness (QED) is 0.656. The Balaban J connectivity index is 2.27. The maximum atomic E-state index is 11.6. The first-order valence-corrected chi connectivity index (χ1v) is 8.07. The second-order valence-electron chi connectivity index (χ2n) is 7.41. The van der Waals surface area contributed by atoms with Crippen molar-refractivity contribution in [1.29, 1.82) is 0 Å². The SMILES string of the molecule is Cc1ccc(C(N)=O)cc1-n1c(C)cc2c1CC(C)(C)CC2=NO. The lowest BCUT2D eigenvalue weighted by Gasteiger charge is -2.31. The van der Waals surface area contributed by atoms with E-state index in [1.807, 2.05) is 26.0 Å². The molecular weight excluding hydrogens is 302 g/mol. The number of amides is 1. The molecule has 0 spiro atoms. The maximum Gasteiger partial charge on any atom is 0.248 e. The van der Waals surface area contributed by atoms with Gasteiger partial charge in [0.2, 0.25) is 5.91 Å². The van der Waals surface area contributed by atoms with E-state index in [4.69, 9.17) is 5.73 Å². The van der Waals surface area contributed by atoms with E-state index in [-0.39, 0.29) is 5.41 Å².